The van der Waals surface area contributed by atoms with E-state index in [-0.39, 0.29) is 5.91 Å². The van der Waals surface area contributed by atoms with Crippen molar-refractivity contribution in [2.24, 2.45) is 0 Å². The van der Waals surface area contributed by atoms with Crippen LogP contribution in [0.25, 0.3) is 11.5 Å². The molecule has 1 heterocycles. The molecular formula is C26H41N3O2S. The second kappa shape index (κ2) is 16.8. The van der Waals surface area contributed by atoms with E-state index in [0.29, 0.717) is 16.7 Å². The van der Waals surface area contributed by atoms with Crippen LogP contribution in [0.15, 0.2) is 33.9 Å². The second-order valence-electron chi connectivity index (χ2n) is 8.51. The molecule has 0 aliphatic carbocycles. The van der Waals surface area contributed by atoms with Crippen molar-refractivity contribution in [2.75, 3.05) is 12.8 Å². The highest BCUT2D eigenvalue weighted by Gasteiger charge is 2.10. The van der Waals surface area contributed by atoms with E-state index in [1.165, 1.54) is 95.2 Å². The number of nitrogens with one attached hydrogen (secondary N) is 1. The van der Waals surface area contributed by atoms with Gasteiger partial charge < -0.3 is 9.73 Å². The quantitative estimate of drug-likeness (QED) is 0.183. The fourth-order valence-corrected chi connectivity index (χ4v) is 4.08. The van der Waals surface area contributed by atoms with E-state index < -0.39 is 0 Å². The minimum absolute atomic E-state index is 0.0263. The summed E-state index contributed by atoms with van der Waals surface area (Å²) in [5.41, 5.74) is 1.48. The number of rotatable bonds is 18. The smallest absolute Gasteiger partial charge is 0.276 e. The highest BCUT2D eigenvalue weighted by molar-refractivity contribution is 7.98. The van der Waals surface area contributed by atoms with Gasteiger partial charge in [0.1, 0.15) is 0 Å². The fraction of sp³-hybridized carbons (Fsp3) is 0.654. The monoisotopic (exact) mass is 459 g/mol. The van der Waals surface area contributed by atoms with Crippen LogP contribution in [0.4, 0.5) is 0 Å². The average molecular weight is 460 g/mol. The zero-order chi connectivity index (χ0) is 22.9. The molecule has 1 aromatic carbocycles. The van der Waals surface area contributed by atoms with Crippen molar-refractivity contribution in [3.05, 3.63) is 29.8 Å². The largest absolute Gasteiger partial charge is 0.411 e. The predicted molar refractivity (Wildman–Crippen MR) is 134 cm³/mol. The summed E-state index contributed by atoms with van der Waals surface area (Å²) in [6.45, 7) is 3.01. The Morgan fingerprint density at radius 2 is 1.34 bits per heavy atom. The minimum atomic E-state index is -0.0263. The van der Waals surface area contributed by atoms with E-state index in [4.69, 9.17) is 4.42 Å². The molecule has 0 saturated heterocycles. The molecule has 0 aliphatic heterocycles. The van der Waals surface area contributed by atoms with Gasteiger partial charge in [0.15, 0.2) is 0 Å². The number of amides is 1. The van der Waals surface area contributed by atoms with E-state index in [9.17, 15) is 4.79 Å². The number of aromatic nitrogens is 2. The molecule has 0 bridgehead atoms. The summed E-state index contributed by atoms with van der Waals surface area (Å²) in [5, 5.41) is 11.5. The van der Waals surface area contributed by atoms with Crippen LogP contribution < -0.4 is 5.32 Å². The summed E-state index contributed by atoms with van der Waals surface area (Å²) in [6, 6.07) is 7.30. The molecular weight excluding hydrogens is 418 g/mol. The first-order valence-corrected chi connectivity index (χ1v) is 13.7. The van der Waals surface area contributed by atoms with Crippen LogP contribution in [0.5, 0.6) is 0 Å². The van der Waals surface area contributed by atoms with Gasteiger partial charge >= 0.3 is 0 Å². The Morgan fingerprint density at radius 3 is 1.84 bits per heavy atom. The number of nitrogens with zero attached hydrogens (tertiary/aromatic N) is 2. The number of carbonyl (C=O) groups is 1. The van der Waals surface area contributed by atoms with E-state index in [2.05, 4.69) is 22.4 Å². The molecule has 1 aromatic heterocycles. The predicted octanol–water partition coefficient (Wildman–Crippen LogP) is 7.67. The highest BCUT2D eigenvalue weighted by atomic mass is 32.2. The van der Waals surface area contributed by atoms with Crippen LogP contribution in [0, 0.1) is 0 Å². The molecule has 0 spiro atoms. The van der Waals surface area contributed by atoms with Crippen LogP contribution in [-0.2, 0) is 0 Å². The molecule has 0 atom stereocenters. The molecule has 2 aromatic rings. The SMILES string of the molecule is CCCCCCCCCCCCCCCCNC(=O)c1ccc(-c2nnc(SC)o2)cc1. The molecule has 0 saturated carbocycles. The maximum atomic E-state index is 12.3. The van der Waals surface area contributed by atoms with Crippen LogP contribution in [-0.4, -0.2) is 28.9 Å². The highest BCUT2D eigenvalue weighted by Crippen LogP contribution is 2.22. The molecule has 0 radical (unpaired) electrons. The summed E-state index contributed by atoms with van der Waals surface area (Å²) in [5.74, 6) is 0.449. The Labute approximate surface area is 198 Å². The third-order valence-corrected chi connectivity index (χ3v) is 6.31. The van der Waals surface area contributed by atoms with Gasteiger partial charge in [-0.05, 0) is 36.9 Å². The first-order valence-electron chi connectivity index (χ1n) is 12.5. The van der Waals surface area contributed by atoms with Gasteiger partial charge in [-0.2, -0.15) is 0 Å². The molecule has 2 rings (SSSR count). The molecule has 0 unspecified atom stereocenters. The molecule has 0 fully saturated rings. The van der Waals surface area contributed by atoms with Crippen LogP contribution in [0.1, 0.15) is 107 Å². The standard InChI is InChI=1S/C26H41N3O2S/c1-3-4-5-6-7-8-9-10-11-12-13-14-15-16-21-27-24(30)22-17-19-23(20-18-22)25-28-29-26(31-25)32-2/h17-20H,3-16,21H2,1-2H3,(H,27,30). The molecule has 1 amide bonds. The Hall–Kier alpha value is -1.82. The third kappa shape index (κ3) is 10.7. The maximum absolute atomic E-state index is 12.3. The van der Waals surface area contributed by atoms with Crippen molar-refractivity contribution < 1.29 is 9.21 Å². The van der Waals surface area contributed by atoms with Crippen molar-refractivity contribution in [3.8, 4) is 11.5 Å². The Kier molecular flexibility index (Phi) is 13.8. The van der Waals surface area contributed by atoms with Crippen LogP contribution in [0.2, 0.25) is 0 Å². The van der Waals surface area contributed by atoms with Crippen molar-refractivity contribution in [1.29, 1.82) is 0 Å². The topological polar surface area (TPSA) is 68.0 Å². The molecule has 5 nitrogen and oxygen atoms in total. The number of carbonyl (C=O) groups excluding carboxylic acids is 1. The Morgan fingerprint density at radius 1 is 0.812 bits per heavy atom. The van der Waals surface area contributed by atoms with E-state index in [1.807, 2.05) is 18.4 Å². The first kappa shape index (κ1) is 26.4. The minimum Gasteiger partial charge on any atom is -0.411 e. The van der Waals surface area contributed by atoms with Crippen molar-refractivity contribution in [1.82, 2.24) is 15.5 Å². The zero-order valence-electron chi connectivity index (χ0n) is 20.0. The van der Waals surface area contributed by atoms with E-state index in [0.717, 1.165) is 18.5 Å². The molecule has 178 valence electrons. The number of hydrogen-bond acceptors (Lipinski definition) is 5. The molecule has 32 heavy (non-hydrogen) atoms. The van der Waals surface area contributed by atoms with E-state index in [1.54, 1.807) is 12.1 Å². The summed E-state index contributed by atoms with van der Waals surface area (Å²) in [4.78, 5) is 12.3. The van der Waals surface area contributed by atoms with Gasteiger partial charge in [-0.1, -0.05) is 102 Å². The molecule has 6 heteroatoms. The lowest BCUT2D eigenvalue weighted by Crippen LogP contribution is -2.24. The summed E-state index contributed by atoms with van der Waals surface area (Å²) >= 11 is 1.41. The number of hydrogen-bond donors (Lipinski definition) is 1. The first-order chi connectivity index (χ1) is 15.7. The Balaban J connectivity index is 1.45. The van der Waals surface area contributed by atoms with Gasteiger partial charge in [0.25, 0.3) is 11.1 Å². The zero-order valence-corrected chi connectivity index (χ0v) is 20.9. The van der Waals surface area contributed by atoms with Crippen molar-refractivity contribution in [2.45, 2.75) is 102 Å². The Bertz CT molecular complexity index is 746. The number of benzene rings is 1. The second-order valence-corrected chi connectivity index (χ2v) is 9.26. The molecule has 1 N–H and O–H groups in total. The van der Waals surface area contributed by atoms with Gasteiger partial charge in [-0.25, -0.2) is 0 Å². The van der Waals surface area contributed by atoms with Gasteiger partial charge in [0.05, 0.1) is 0 Å². The maximum Gasteiger partial charge on any atom is 0.276 e. The van der Waals surface area contributed by atoms with E-state index >= 15 is 0 Å². The van der Waals surface area contributed by atoms with Gasteiger partial charge in [0.2, 0.25) is 5.89 Å². The van der Waals surface area contributed by atoms with Crippen LogP contribution >= 0.6 is 11.8 Å². The normalized spacial score (nSPS) is 11.1. The van der Waals surface area contributed by atoms with Crippen molar-refractivity contribution in [3.63, 3.8) is 0 Å². The third-order valence-electron chi connectivity index (χ3n) is 5.79. The summed E-state index contributed by atoms with van der Waals surface area (Å²) < 4.78 is 5.52. The number of thioether (sulfide) groups is 1. The molecule has 0 aliphatic rings. The summed E-state index contributed by atoms with van der Waals surface area (Å²) in [6.07, 6.45) is 20.7. The van der Waals surface area contributed by atoms with Gasteiger partial charge in [-0.15, -0.1) is 10.2 Å². The van der Waals surface area contributed by atoms with Crippen LogP contribution in [0.3, 0.4) is 0 Å². The van der Waals surface area contributed by atoms with Gasteiger partial charge in [-0.3, -0.25) is 4.79 Å². The van der Waals surface area contributed by atoms with Gasteiger partial charge in [0, 0.05) is 17.7 Å². The number of unbranched alkanes of at least 4 members (excludes halogenated alkanes) is 13. The fourth-order valence-electron chi connectivity index (χ4n) is 3.80. The lowest BCUT2D eigenvalue weighted by Gasteiger charge is -2.06. The lowest BCUT2D eigenvalue weighted by molar-refractivity contribution is 0.0953. The summed E-state index contributed by atoms with van der Waals surface area (Å²) in [7, 11) is 0. The lowest BCUT2D eigenvalue weighted by atomic mass is 10.0. The van der Waals surface area contributed by atoms with Crippen molar-refractivity contribution >= 4 is 17.7 Å². The average Bonchev–Trinajstić information content (AvgIpc) is 3.31.